The SMILES string of the molecule is COCCNc1cc(C(F)(F)F)nc(NN)n1. The zero-order chi connectivity index (χ0) is 12.9. The Morgan fingerprint density at radius 2 is 2.12 bits per heavy atom. The number of hydrogen-bond donors (Lipinski definition) is 3. The fraction of sp³-hybridized carbons (Fsp3) is 0.500. The summed E-state index contributed by atoms with van der Waals surface area (Å²) < 4.78 is 42.1. The predicted molar refractivity (Wildman–Crippen MR) is 55.2 cm³/mol. The van der Waals surface area contributed by atoms with Gasteiger partial charge in [0.1, 0.15) is 5.82 Å². The first kappa shape index (κ1) is 13.5. The van der Waals surface area contributed by atoms with Crippen molar-refractivity contribution in [3.05, 3.63) is 11.8 Å². The molecule has 0 spiro atoms. The molecule has 0 amide bonds. The van der Waals surface area contributed by atoms with E-state index in [1.54, 1.807) is 0 Å². The lowest BCUT2D eigenvalue weighted by molar-refractivity contribution is -0.141. The number of halogens is 3. The summed E-state index contributed by atoms with van der Waals surface area (Å²) in [6.45, 7) is 0.672. The van der Waals surface area contributed by atoms with E-state index in [1.165, 1.54) is 7.11 Å². The maximum Gasteiger partial charge on any atom is 0.433 e. The summed E-state index contributed by atoms with van der Waals surface area (Å²) in [7, 11) is 1.48. The first-order valence-electron chi connectivity index (χ1n) is 4.63. The molecule has 0 aliphatic carbocycles. The molecule has 0 saturated carbocycles. The van der Waals surface area contributed by atoms with Crippen LogP contribution in [0.15, 0.2) is 6.07 Å². The topological polar surface area (TPSA) is 85.1 Å². The van der Waals surface area contributed by atoms with Gasteiger partial charge in [0.05, 0.1) is 6.61 Å². The minimum Gasteiger partial charge on any atom is -0.383 e. The molecule has 9 heteroatoms. The van der Waals surface area contributed by atoms with Crippen LogP contribution in [0.2, 0.25) is 0 Å². The fourth-order valence-corrected chi connectivity index (χ4v) is 1.03. The highest BCUT2D eigenvalue weighted by Crippen LogP contribution is 2.29. The standard InChI is InChI=1S/C8H12F3N5O/c1-17-3-2-13-6-4-5(8(9,10)11)14-7(15-6)16-12/h4H,2-3,12H2,1H3,(H2,13,14,15,16). The van der Waals surface area contributed by atoms with Crippen molar-refractivity contribution in [1.82, 2.24) is 9.97 Å². The van der Waals surface area contributed by atoms with Gasteiger partial charge in [0.15, 0.2) is 5.69 Å². The number of nitrogens with two attached hydrogens (primary N) is 1. The molecule has 0 bridgehead atoms. The van der Waals surface area contributed by atoms with Gasteiger partial charge < -0.3 is 10.1 Å². The molecule has 0 aliphatic rings. The molecule has 1 rings (SSSR count). The fourth-order valence-electron chi connectivity index (χ4n) is 1.03. The lowest BCUT2D eigenvalue weighted by Gasteiger charge is -2.11. The quantitative estimate of drug-likeness (QED) is 0.408. The lowest BCUT2D eigenvalue weighted by Crippen LogP contribution is -2.17. The third-order valence-electron chi connectivity index (χ3n) is 1.76. The van der Waals surface area contributed by atoms with Crippen molar-refractivity contribution in [3.8, 4) is 0 Å². The van der Waals surface area contributed by atoms with Crippen LogP contribution in [0.4, 0.5) is 24.9 Å². The van der Waals surface area contributed by atoms with Crippen LogP contribution in [0.5, 0.6) is 0 Å². The molecule has 1 aromatic heterocycles. The number of hydrazine groups is 1. The van der Waals surface area contributed by atoms with Gasteiger partial charge in [-0.25, -0.2) is 10.8 Å². The Balaban J connectivity index is 2.89. The Bertz CT molecular complexity index is 371. The summed E-state index contributed by atoms with van der Waals surface area (Å²) in [5.41, 5.74) is 0.908. The first-order valence-corrected chi connectivity index (χ1v) is 4.63. The van der Waals surface area contributed by atoms with Gasteiger partial charge in [-0.15, -0.1) is 0 Å². The smallest absolute Gasteiger partial charge is 0.383 e. The Hall–Kier alpha value is -1.61. The van der Waals surface area contributed by atoms with E-state index >= 15 is 0 Å². The van der Waals surface area contributed by atoms with E-state index in [-0.39, 0.29) is 11.8 Å². The van der Waals surface area contributed by atoms with Gasteiger partial charge in [-0.05, 0) is 0 Å². The largest absolute Gasteiger partial charge is 0.433 e. The number of anilines is 2. The number of nitrogen functional groups attached to an aromatic ring is 1. The molecular weight excluding hydrogens is 239 g/mol. The zero-order valence-corrected chi connectivity index (χ0v) is 9.01. The van der Waals surface area contributed by atoms with E-state index in [4.69, 9.17) is 10.6 Å². The van der Waals surface area contributed by atoms with Gasteiger partial charge in [0, 0.05) is 19.7 Å². The molecule has 0 fully saturated rings. The molecule has 0 unspecified atom stereocenters. The molecular formula is C8H12F3N5O. The Morgan fingerprint density at radius 1 is 1.41 bits per heavy atom. The second-order valence-corrected chi connectivity index (χ2v) is 3.02. The third-order valence-corrected chi connectivity index (χ3v) is 1.76. The normalized spacial score (nSPS) is 11.4. The van der Waals surface area contributed by atoms with Crippen molar-refractivity contribution in [2.75, 3.05) is 31.0 Å². The summed E-state index contributed by atoms with van der Waals surface area (Å²) in [5.74, 6) is 4.71. The van der Waals surface area contributed by atoms with Crippen LogP contribution in [-0.2, 0) is 10.9 Å². The van der Waals surface area contributed by atoms with E-state index in [1.807, 2.05) is 5.43 Å². The maximum absolute atomic E-state index is 12.5. The lowest BCUT2D eigenvalue weighted by atomic mass is 10.4. The van der Waals surface area contributed by atoms with Crippen molar-refractivity contribution in [2.24, 2.45) is 5.84 Å². The minimum absolute atomic E-state index is 0.0253. The van der Waals surface area contributed by atoms with Crippen LogP contribution in [0.25, 0.3) is 0 Å². The van der Waals surface area contributed by atoms with E-state index < -0.39 is 11.9 Å². The third kappa shape index (κ3) is 4.04. The van der Waals surface area contributed by atoms with Gasteiger partial charge in [-0.2, -0.15) is 18.2 Å². The van der Waals surface area contributed by atoms with Gasteiger partial charge in [-0.1, -0.05) is 0 Å². The average Bonchev–Trinajstić information content (AvgIpc) is 2.28. The summed E-state index contributed by atoms with van der Waals surface area (Å²) >= 11 is 0. The van der Waals surface area contributed by atoms with E-state index in [0.717, 1.165) is 6.07 Å². The van der Waals surface area contributed by atoms with E-state index in [2.05, 4.69) is 15.3 Å². The molecule has 0 atom stereocenters. The second-order valence-electron chi connectivity index (χ2n) is 3.02. The first-order chi connectivity index (χ1) is 7.97. The highest BCUT2D eigenvalue weighted by atomic mass is 19.4. The van der Waals surface area contributed by atoms with Gasteiger partial charge >= 0.3 is 6.18 Å². The number of hydrogen-bond acceptors (Lipinski definition) is 6. The molecule has 0 aliphatic heterocycles. The number of methoxy groups -OCH3 is 1. The highest BCUT2D eigenvalue weighted by Gasteiger charge is 2.33. The summed E-state index contributed by atoms with van der Waals surface area (Å²) in [5, 5.41) is 2.66. The molecule has 4 N–H and O–H groups in total. The van der Waals surface area contributed by atoms with Gasteiger partial charge in [0.25, 0.3) is 0 Å². The average molecular weight is 251 g/mol. The number of alkyl halides is 3. The number of nitrogens with one attached hydrogen (secondary N) is 2. The van der Waals surface area contributed by atoms with Crippen LogP contribution < -0.4 is 16.6 Å². The monoisotopic (exact) mass is 251 g/mol. The van der Waals surface area contributed by atoms with Crippen molar-refractivity contribution < 1.29 is 17.9 Å². The summed E-state index contributed by atoms with van der Waals surface area (Å²) in [6.07, 6.45) is -4.55. The number of aromatic nitrogens is 2. The molecule has 1 aromatic rings. The summed E-state index contributed by atoms with van der Waals surface area (Å²) in [4.78, 5) is 6.93. The van der Waals surface area contributed by atoms with E-state index in [9.17, 15) is 13.2 Å². The van der Waals surface area contributed by atoms with Gasteiger partial charge in [0.2, 0.25) is 5.95 Å². The zero-order valence-electron chi connectivity index (χ0n) is 9.01. The van der Waals surface area contributed by atoms with Crippen molar-refractivity contribution in [2.45, 2.75) is 6.18 Å². The van der Waals surface area contributed by atoms with Crippen LogP contribution in [0.3, 0.4) is 0 Å². The Morgan fingerprint density at radius 3 is 2.65 bits per heavy atom. The van der Waals surface area contributed by atoms with Crippen LogP contribution >= 0.6 is 0 Å². The molecule has 0 aromatic carbocycles. The molecule has 17 heavy (non-hydrogen) atoms. The van der Waals surface area contributed by atoms with E-state index in [0.29, 0.717) is 13.2 Å². The van der Waals surface area contributed by atoms with Gasteiger partial charge in [-0.3, -0.25) is 5.43 Å². The number of ether oxygens (including phenoxy) is 1. The van der Waals surface area contributed by atoms with Crippen molar-refractivity contribution >= 4 is 11.8 Å². The second kappa shape index (κ2) is 5.64. The van der Waals surface area contributed by atoms with Crippen LogP contribution in [0, 0.1) is 0 Å². The predicted octanol–water partition coefficient (Wildman–Crippen LogP) is 0.839. The number of nitrogens with zero attached hydrogens (tertiary/aromatic N) is 2. The van der Waals surface area contributed by atoms with Crippen molar-refractivity contribution in [1.29, 1.82) is 0 Å². The minimum atomic E-state index is -4.55. The summed E-state index contributed by atoms with van der Waals surface area (Å²) in [6, 6.07) is 0.802. The highest BCUT2D eigenvalue weighted by molar-refractivity contribution is 5.42. The molecule has 1 heterocycles. The molecule has 6 nitrogen and oxygen atoms in total. The maximum atomic E-state index is 12.5. The molecule has 96 valence electrons. The van der Waals surface area contributed by atoms with Crippen LogP contribution in [0.1, 0.15) is 5.69 Å². The van der Waals surface area contributed by atoms with Crippen molar-refractivity contribution in [3.63, 3.8) is 0 Å². The Kier molecular flexibility index (Phi) is 4.46. The number of rotatable bonds is 5. The molecule has 0 saturated heterocycles. The molecule has 0 radical (unpaired) electrons. The Labute approximate surface area is 95.4 Å². The van der Waals surface area contributed by atoms with Crippen LogP contribution in [-0.4, -0.2) is 30.2 Å².